The third-order valence-electron chi connectivity index (χ3n) is 3.37. The minimum atomic E-state index is 0.311. The van der Waals surface area contributed by atoms with Gasteiger partial charge in [-0.05, 0) is 45.2 Å². The second-order valence-electron chi connectivity index (χ2n) is 5.02. The van der Waals surface area contributed by atoms with Crippen molar-refractivity contribution in [2.45, 2.75) is 32.7 Å². The van der Waals surface area contributed by atoms with E-state index in [1.807, 2.05) is 6.07 Å². The van der Waals surface area contributed by atoms with Gasteiger partial charge in [-0.1, -0.05) is 11.6 Å². The molecule has 1 aliphatic heterocycles. The van der Waals surface area contributed by atoms with Gasteiger partial charge >= 0.3 is 0 Å². The molecule has 1 unspecified atom stereocenters. The number of nitrogens with two attached hydrogens (primary N) is 1. The summed E-state index contributed by atoms with van der Waals surface area (Å²) in [6.45, 7) is 6.80. The van der Waals surface area contributed by atoms with Crippen molar-refractivity contribution in [3.8, 4) is 0 Å². The molecule has 0 spiro atoms. The highest BCUT2D eigenvalue weighted by Crippen LogP contribution is 2.23. The van der Waals surface area contributed by atoms with Crippen molar-refractivity contribution in [3.63, 3.8) is 0 Å². The van der Waals surface area contributed by atoms with Crippen LogP contribution in [0.4, 0.5) is 5.82 Å². The van der Waals surface area contributed by atoms with Gasteiger partial charge in [0.15, 0.2) is 5.82 Å². The van der Waals surface area contributed by atoms with Gasteiger partial charge in [0, 0.05) is 12.6 Å². The van der Waals surface area contributed by atoms with E-state index in [0.717, 1.165) is 18.7 Å². The van der Waals surface area contributed by atoms with Crippen LogP contribution in [0.15, 0.2) is 6.07 Å². The zero-order chi connectivity index (χ0) is 12.4. The Hall–Kier alpha value is -0.870. The lowest BCUT2D eigenvalue weighted by molar-refractivity contribution is 0.264. The fourth-order valence-corrected chi connectivity index (χ4v) is 2.47. The quantitative estimate of drug-likeness (QED) is 0.896. The van der Waals surface area contributed by atoms with E-state index < -0.39 is 0 Å². The lowest BCUT2D eigenvalue weighted by Gasteiger charge is -2.20. The van der Waals surface area contributed by atoms with Crippen LogP contribution in [0, 0.1) is 5.92 Å². The van der Waals surface area contributed by atoms with E-state index in [-0.39, 0.29) is 0 Å². The molecule has 2 rings (SSSR count). The monoisotopic (exact) mass is 254 g/mol. The van der Waals surface area contributed by atoms with Gasteiger partial charge in [-0.3, -0.25) is 0 Å². The topological polar surface area (TPSA) is 55.0 Å². The third-order valence-corrected chi connectivity index (χ3v) is 3.67. The van der Waals surface area contributed by atoms with Gasteiger partial charge < -0.3 is 10.6 Å². The predicted octanol–water partition coefficient (Wildman–Crippen LogP) is 1.98. The van der Waals surface area contributed by atoms with E-state index in [4.69, 9.17) is 17.3 Å². The van der Waals surface area contributed by atoms with Gasteiger partial charge in [0.2, 0.25) is 0 Å². The van der Waals surface area contributed by atoms with Crippen molar-refractivity contribution in [3.05, 3.63) is 16.8 Å². The molecule has 2 N–H and O–H groups in total. The van der Waals surface area contributed by atoms with Gasteiger partial charge in [-0.2, -0.15) is 5.10 Å². The van der Waals surface area contributed by atoms with Gasteiger partial charge in [0.1, 0.15) is 0 Å². The molecular weight excluding hydrogens is 236 g/mol. The highest BCUT2D eigenvalue weighted by molar-refractivity contribution is 6.32. The molecule has 4 nitrogen and oxygen atoms in total. The Morgan fingerprint density at radius 3 is 2.88 bits per heavy atom. The minimum Gasteiger partial charge on any atom is -0.381 e. The number of halogens is 1. The van der Waals surface area contributed by atoms with Crippen LogP contribution in [0.25, 0.3) is 0 Å². The molecule has 5 heteroatoms. The first-order valence-corrected chi connectivity index (χ1v) is 6.45. The fourth-order valence-electron chi connectivity index (χ4n) is 2.31. The first-order chi connectivity index (χ1) is 8.06. The van der Waals surface area contributed by atoms with Crippen molar-refractivity contribution >= 4 is 17.4 Å². The SMILES string of the molecule is CC(C)N1CCC(Cc2cc(Cl)c(N)nn2)C1. The Morgan fingerprint density at radius 2 is 2.29 bits per heavy atom. The van der Waals surface area contributed by atoms with Gasteiger partial charge in [0.05, 0.1) is 10.7 Å². The molecule has 1 aromatic heterocycles. The summed E-state index contributed by atoms with van der Waals surface area (Å²) in [5.41, 5.74) is 6.49. The lowest BCUT2D eigenvalue weighted by Crippen LogP contribution is -2.28. The average molecular weight is 255 g/mol. The number of hydrogen-bond donors (Lipinski definition) is 1. The second kappa shape index (κ2) is 5.19. The van der Waals surface area contributed by atoms with Crippen LogP contribution in [0.1, 0.15) is 26.0 Å². The highest BCUT2D eigenvalue weighted by Gasteiger charge is 2.24. The van der Waals surface area contributed by atoms with Crippen LogP contribution in [0.3, 0.4) is 0 Å². The number of hydrogen-bond acceptors (Lipinski definition) is 4. The lowest BCUT2D eigenvalue weighted by atomic mass is 10.0. The van der Waals surface area contributed by atoms with Crippen molar-refractivity contribution in [1.82, 2.24) is 15.1 Å². The van der Waals surface area contributed by atoms with Crippen LogP contribution in [0.2, 0.25) is 5.02 Å². The molecule has 0 bridgehead atoms. The van der Waals surface area contributed by atoms with E-state index in [2.05, 4.69) is 28.9 Å². The summed E-state index contributed by atoms with van der Waals surface area (Å²) in [5.74, 6) is 0.969. The van der Waals surface area contributed by atoms with E-state index in [9.17, 15) is 0 Å². The molecule has 0 aliphatic carbocycles. The number of anilines is 1. The Labute approximate surface area is 107 Å². The maximum atomic E-state index is 5.94. The second-order valence-corrected chi connectivity index (χ2v) is 5.42. The van der Waals surface area contributed by atoms with E-state index in [0.29, 0.717) is 22.8 Å². The number of likely N-dealkylation sites (tertiary alicyclic amines) is 1. The maximum absolute atomic E-state index is 5.94. The molecule has 0 amide bonds. The average Bonchev–Trinajstić information content (AvgIpc) is 2.72. The minimum absolute atomic E-state index is 0.311. The Balaban J connectivity index is 1.96. The standard InChI is InChI=1S/C12H19ClN4/c1-8(2)17-4-3-9(7-17)5-10-6-11(13)12(14)16-15-10/h6,8-9H,3-5,7H2,1-2H3,(H2,14,16). The molecule has 1 aromatic rings. The molecule has 1 fully saturated rings. The van der Waals surface area contributed by atoms with Crippen molar-refractivity contribution < 1.29 is 0 Å². The van der Waals surface area contributed by atoms with Gasteiger partial charge in [-0.15, -0.1) is 5.10 Å². The zero-order valence-electron chi connectivity index (χ0n) is 10.4. The molecule has 17 heavy (non-hydrogen) atoms. The summed E-state index contributed by atoms with van der Waals surface area (Å²) < 4.78 is 0. The summed E-state index contributed by atoms with van der Waals surface area (Å²) >= 11 is 5.94. The normalized spacial score (nSPS) is 21.3. The number of nitrogen functional groups attached to an aromatic ring is 1. The van der Waals surface area contributed by atoms with Crippen LogP contribution in [0.5, 0.6) is 0 Å². The van der Waals surface area contributed by atoms with Crippen LogP contribution < -0.4 is 5.73 Å². The number of aromatic nitrogens is 2. The predicted molar refractivity (Wildman–Crippen MR) is 70.0 cm³/mol. The van der Waals surface area contributed by atoms with E-state index in [1.165, 1.54) is 13.0 Å². The van der Waals surface area contributed by atoms with Crippen LogP contribution in [-0.4, -0.2) is 34.2 Å². The third kappa shape index (κ3) is 3.07. The van der Waals surface area contributed by atoms with E-state index >= 15 is 0 Å². The van der Waals surface area contributed by atoms with E-state index in [1.54, 1.807) is 0 Å². The summed E-state index contributed by atoms with van der Waals surface area (Å²) in [5, 5.41) is 8.46. The number of rotatable bonds is 3. The molecule has 0 radical (unpaired) electrons. The summed E-state index contributed by atoms with van der Waals surface area (Å²) in [4.78, 5) is 2.50. The number of nitrogens with zero attached hydrogens (tertiary/aromatic N) is 3. The zero-order valence-corrected chi connectivity index (χ0v) is 11.1. The Kier molecular flexibility index (Phi) is 3.84. The smallest absolute Gasteiger partial charge is 0.164 e. The Morgan fingerprint density at radius 1 is 1.53 bits per heavy atom. The largest absolute Gasteiger partial charge is 0.381 e. The molecule has 1 aliphatic rings. The Bertz CT molecular complexity index is 394. The first kappa shape index (κ1) is 12.6. The fraction of sp³-hybridized carbons (Fsp3) is 0.667. The molecule has 0 saturated carbocycles. The summed E-state index contributed by atoms with van der Waals surface area (Å²) in [6, 6.07) is 2.46. The molecule has 1 atom stereocenters. The van der Waals surface area contributed by atoms with Gasteiger partial charge in [-0.25, -0.2) is 0 Å². The van der Waals surface area contributed by atoms with Crippen molar-refractivity contribution in [1.29, 1.82) is 0 Å². The molecule has 0 aromatic carbocycles. The molecular formula is C12H19ClN4. The maximum Gasteiger partial charge on any atom is 0.164 e. The van der Waals surface area contributed by atoms with Crippen LogP contribution >= 0.6 is 11.6 Å². The van der Waals surface area contributed by atoms with Gasteiger partial charge in [0.25, 0.3) is 0 Å². The first-order valence-electron chi connectivity index (χ1n) is 6.08. The molecule has 2 heterocycles. The summed E-state index contributed by atoms with van der Waals surface area (Å²) in [7, 11) is 0. The summed E-state index contributed by atoms with van der Waals surface area (Å²) in [6.07, 6.45) is 2.16. The molecule has 94 valence electrons. The van der Waals surface area contributed by atoms with Crippen molar-refractivity contribution in [2.24, 2.45) is 5.92 Å². The highest BCUT2D eigenvalue weighted by atomic mass is 35.5. The molecule has 1 saturated heterocycles. The van der Waals surface area contributed by atoms with Crippen LogP contribution in [-0.2, 0) is 6.42 Å². The van der Waals surface area contributed by atoms with Crippen molar-refractivity contribution in [2.75, 3.05) is 18.8 Å².